The van der Waals surface area contributed by atoms with E-state index >= 15 is 0 Å². The van der Waals surface area contributed by atoms with Crippen LogP contribution in [-0.2, 0) is 6.42 Å². The molecule has 0 aliphatic rings. The lowest BCUT2D eigenvalue weighted by atomic mass is 9.95. The van der Waals surface area contributed by atoms with Gasteiger partial charge in [0.1, 0.15) is 0 Å². The Kier molecular flexibility index (Phi) is 4.78. The largest absolute Gasteiger partial charge is 0.313 e. The van der Waals surface area contributed by atoms with Gasteiger partial charge in [-0.05, 0) is 50.1 Å². The fourth-order valence-corrected chi connectivity index (χ4v) is 2.93. The molecule has 1 atom stereocenters. The summed E-state index contributed by atoms with van der Waals surface area (Å²) >= 11 is 3.64. The van der Waals surface area contributed by atoms with Gasteiger partial charge in [0.05, 0.1) is 0 Å². The summed E-state index contributed by atoms with van der Waals surface area (Å²) in [7, 11) is 2.02. The van der Waals surface area contributed by atoms with E-state index in [1.165, 1.54) is 26.7 Å². The predicted octanol–water partition coefficient (Wildman–Crippen LogP) is 4.57. The number of rotatable bonds is 4. The quantitative estimate of drug-likeness (QED) is 0.871. The molecular formula is C17H20BrN. The molecule has 0 spiro atoms. The fourth-order valence-electron chi connectivity index (χ4n) is 2.37. The van der Waals surface area contributed by atoms with Crippen molar-refractivity contribution in [2.24, 2.45) is 0 Å². The molecule has 2 aromatic carbocycles. The average molecular weight is 318 g/mol. The van der Waals surface area contributed by atoms with Crippen molar-refractivity contribution >= 4 is 15.9 Å². The minimum absolute atomic E-state index is 0.330. The van der Waals surface area contributed by atoms with Crippen molar-refractivity contribution in [3.05, 3.63) is 69.2 Å². The maximum absolute atomic E-state index is 3.64. The summed E-state index contributed by atoms with van der Waals surface area (Å²) in [5.41, 5.74) is 5.40. The smallest absolute Gasteiger partial charge is 0.0369 e. The first kappa shape index (κ1) is 14.3. The lowest BCUT2D eigenvalue weighted by Gasteiger charge is -2.19. The van der Waals surface area contributed by atoms with E-state index in [2.05, 4.69) is 77.6 Å². The summed E-state index contributed by atoms with van der Waals surface area (Å²) in [5.74, 6) is 0. The third kappa shape index (κ3) is 3.46. The van der Waals surface area contributed by atoms with E-state index in [0.29, 0.717) is 6.04 Å². The van der Waals surface area contributed by atoms with Crippen LogP contribution in [0.1, 0.15) is 28.3 Å². The molecule has 1 unspecified atom stereocenters. The predicted molar refractivity (Wildman–Crippen MR) is 85.6 cm³/mol. The zero-order valence-corrected chi connectivity index (χ0v) is 13.3. The van der Waals surface area contributed by atoms with Gasteiger partial charge in [-0.2, -0.15) is 0 Å². The molecular weight excluding hydrogens is 298 g/mol. The molecule has 1 N–H and O–H groups in total. The van der Waals surface area contributed by atoms with Gasteiger partial charge in [-0.25, -0.2) is 0 Å². The lowest BCUT2D eigenvalue weighted by molar-refractivity contribution is 0.588. The Hall–Kier alpha value is -1.12. The summed E-state index contributed by atoms with van der Waals surface area (Å²) in [6, 6.07) is 15.4. The van der Waals surface area contributed by atoms with Crippen LogP contribution in [-0.4, -0.2) is 7.05 Å². The first-order chi connectivity index (χ1) is 9.11. The van der Waals surface area contributed by atoms with Gasteiger partial charge in [0.25, 0.3) is 0 Å². The second-order valence-electron chi connectivity index (χ2n) is 5.00. The fraction of sp³-hybridized carbons (Fsp3) is 0.294. The number of hydrogen-bond acceptors (Lipinski definition) is 1. The third-order valence-electron chi connectivity index (χ3n) is 3.56. The van der Waals surface area contributed by atoms with Gasteiger partial charge in [-0.3, -0.25) is 0 Å². The van der Waals surface area contributed by atoms with E-state index in [9.17, 15) is 0 Å². The van der Waals surface area contributed by atoms with Gasteiger partial charge in [-0.15, -0.1) is 0 Å². The summed E-state index contributed by atoms with van der Waals surface area (Å²) in [4.78, 5) is 0. The van der Waals surface area contributed by atoms with Gasteiger partial charge in [0.2, 0.25) is 0 Å². The van der Waals surface area contributed by atoms with Crippen LogP contribution in [0, 0.1) is 13.8 Å². The molecule has 1 nitrogen and oxygen atoms in total. The van der Waals surface area contributed by atoms with E-state index in [1.807, 2.05) is 7.05 Å². The number of benzene rings is 2. The van der Waals surface area contributed by atoms with Crippen LogP contribution >= 0.6 is 15.9 Å². The number of aryl methyl sites for hydroxylation is 2. The highest BCUT2D eigenvalue weighted by Gasteiger charge is 2.14. The molecule has 0 amide bonds. The Balaban J connectivity index is 2.29. The molecule has 0 aromatic heterocycles. The SMILES string of the molecule is CNC(Cc1cc(C)ccc1C)c1ccccc1Br. The van der Waals surface area contributed by atoms with Gasteiger partial charge in [0, 0.05) is 10.5 Å². The molecule has 0 fully saturated rings. The van der Waals surface area contributed by atoms with Gasteiger partial charge in [-0.1, -0.05) is 57.9 Å². The Morgan fingerprint density at radius 3 is 2.53 bits per heavy atom. The van der Waals surface area contributed by atoms with Crippen molar-refractivity contribution < 1.29 is 0 Å². The Morgan fingerprint density at radius 2 is 1.84 bits per heavy atom. The minimum Gasteiger partial charge on any atom is -0.313 e. The second kappa shape index (κ2) is 6.36. The van der Waals surface area contributed by atoms with E-state index in [4.69, 9.17) is 0 Å². The maximum atomic E-state index is 3.64. The van der Waals surface area contributed by atoms with Crippen LogP contribution in [0.5, 0.6) is 0 Å². The normalized spacial score (nSPS) is 12.4. The lowest BCUT2D eigenvalue weighted by Crippen LogP contribution is -2.19. The van der Waals surface area contributed by atoms with Crippen LogP contribution in [0.25, 0.3) is 0 Å². The number of nitrogens with one attached hydrogen (secondary N) is 1. The van der Waals surface area contributed by atoms with E-state index < -0.39 is 0 Å². The molecule has 0 aliphatic heterocycles. The zero-order chi connectivity index (χ0) is 13.8. The van der Waals surface area contributed by atoms with Crippen LogP contribution in [0.2, 0.25) is 0 Å². The first-order valence-electron chi connectivity index (χ1n) is 6.59. The molecule has 0 saturated heterocycles. The van der Waals surface area contributed by atoms with Crippen molar-refractivity contribution in [2.75, 3.05) is 7.05 Å². The summed E-state index contributed by atoms with van der Waals surface area (Å²) in [6.07, 6.45) is 1.01. The monoisotopic (exact) mass is 317 g/mol. The molecule has 2 heteroatoms. The highest BCUT2D eigenvalue weighted by Crippen LogP contribution is 2.27. The van der Waals surface area contributed by atoms with Gasteiger partial charge in [0.15, 0.2) is 0 Å². The van der Waals surface area contributed by atoms with Crippen molar-refractivity contribution in [1.82, 2.24) is 5.32 Å². The standard InChI is InChI=1S/C17H20BrN/c1-12-8-9-13(2)14(10-12)11-17(19-3)15-6-4-5-7-16(15)18/h4-10,17,19H,11H2,1-3H3. The maximum Gasteiger partial charge on any atom is 0.0369 e. The molecule has 0 heterocycles. The Labute approximate surface area is 124 Å². The number of hydrogen-bond donors (Lipinski definition) is 1. The highest BCUT2D eigenvalue weighted by molar-refractivity contribution is 9.10. The van der Waals surface area contributed by atoms with Crippen molar-refractivity contribution in [1.29, 1.82) is 0 Å². The Bertz CT molecular complexity index is 563. The topological polar surface area (TPSA) is 12.0 Å². The summed E-state index contributed by atoms with van der Waals surface area (Å²) < 4.78 is 1.17. The van der Waals surface area contributed by atoms with Crippen LogP contribution in [0.3, 0.4) is 0 Å². The van der Waals surface area contributed by atoms with E-state index in [1.54, 1.807) is 0 Å². The minimum atomic E-state index is 0.330. The zero-order valence-electron chi connectivity index (χ0n) is 11.7. The summed E-state index contributed by atoms with van der Waals surface area (Å²) in [6.45, 7) is 4.33. The Morgan fingerprint density at radius 1 is 1.11 bits per heavy atom. The third-order valence-corrected chi connectivity index (χ3v) is 4.28. The molecule has 100 valence electrons. The molecule has 0 radical (unpaired) electrons. The van der Waals surface area contributed by atoms with Gasteiger partial charge < -0.3 is 5.32 Å². The van der Waals surface area contributed by atoms with Crippen LogP contribution in [0.4, 0.5) is 0 Å². The first-order valence-corrected chi connectivity index (χ1v) is 7.39. The van der Waals surface area contributed by atoms with Crippen molar-refractivity contribution in [2.45, 2.75) is 26.3 Å². The number of likely N-dealkylation sites (N-methyl/N-ethyl adjacent to an activating group) is 1. The molecule has 0 saturated carbocycles. The van der Waals surface area contributed by atoms with Crippen LogP contribution < -0.4 is 5.32 Å². The molecule has 19 heavy (non-hydrogen) atoms. The van der Waals surface area contributed by atoms with Crippen LogP contribution in [0.15, 0.2) is 46.9 Å². The van der Waals surface area contributed by atoms with E-state index in [-0.39, 0.29) is 0 Å². The highest BCUT2D eigenvalue weighted by atomic mass is 79.9. The van der Waals surface area contributed by atoms with Crippen molar-refractivity contribution in [3.63, 3.8) is 0 Å². The van der Waals surface area contributed by atoms with E-state index in [0.717, 1.165) is 6.42 Å². The van der Waals surface area contributed by atoms with Crippen molar-refractivity contribution in [3.8, 4) is 0 Å². The molecule has 2 rings (SSSR count). The van der Waals surface area contributed by atoms with Gasteiger partial charge >= 0.3 is 0 Å². The number of halogens is 1. The summed E-state index contributed by atoms with van der Waals surface area (Å²) in [5, 5.41) is 3.42. The average Bonchev–Trinajstić information content (AvgIpc) is 2.41. The molecule has 2 aromatic rings. The molecule has 0 aliphatic carbocycles. The second-order valence-corrected chi connectivity index (χ2v) is 5.85. The molecule has 0 bridgehead atoms.